The molecule has 24 heavy (non-hydrogen) atoms. The molecular weight excluding hydrogens is 306 g/mol. The van der Waals surface area contributed by atoms with Gasteiger partial charge in [0.15, 0.2) is 0 Å². The summed E-state index contributed by atoms with van der Waals surface area (Å²) >= 11 is 0. The molecule has 0 radical (unpaired) electrons. The van der Waals surface area contributed by atoms with E-state index in [4.69, 9.17) is 0 Å². The molecule has 1 aromatic carbocycles. The maximum absolute atomic E-state index is 12.7. The molecule has 3 amide bonds. The second-order valence-corrected chi connectivity index (χ2v) is 6.58. The van der Waals surface area contributed by atoms with E-state index in [0.717, 1.165) is 12.0 Å². The fraction of sp³-hybridized carbons (Fsp3) is 0.500. The predicted molar refractivity (Wildman–Crippen MR) is 89.1 cm³/mol. The number of nitrogens with one attached hydrogen (secondary N) is 2. The van der Waals surface area contributed by atoms with Crippen molar-refractivity contribution in [3.63, 3.8) is 0 Å². The van der Waals surface area contributed by atoms with Crippen molar-refractivity contribution in [2.75, 3.05) is 13.6 Å². The number of carbonyl (C=O) groups is 3. The lowest BCUT2D eigenvalue weighted by Gasteiger charge is -2.26. The standard InChI is InChI=1S/C18H23N3O3/c1-12(22)21-10-6-9-15(21)16(23)20-18(17(24)19-2)11-14(18)13-7-4-3-5-8-13/h3-5,7-8,14-15H,6,9-11H2,1-2H3,(H,19,24)(H,20,23)/t14-,15-,18+/m0/s1. The zero-order valence-electron chi connectivity index (χ0n) is 14.0. The van der Waals surface area contributed by atoms with E-state index in [9.17, 15) is 14.4 Å². The van der Waals surface area contributed by atoms with Gasteiger partial charge in [-0.2, -0.15) is 0 Å². The molecule has 1 aliphatic heterocycles. The number of likely N-dealkylation sites (tertiary alicyclic amines) is 1. The zero-order valence-corrected chi connectivity index (χ0v) is 14.0. The molecule has 0 unspecified atom stereocenters. The van der Waals surface area contributed by atoms with Gasteiger partial charge in [-0.25, -0.2) is 0 Å². The lowest BCUT2D eigenvalue weighted by atomic mass is 10.0. The molecule has 6 nitrogen and oxygen atoms in total. The zero-order chi connectivity index (χ0) is 17.3. The van der Waals surface area contributed by atoms with Gasteiger partial charge in [0.05, 0.1) is 0 Å². The molecule has 2 aliphatic rings. The normalized spacial score (nSPS) is 28.3. The molecule has 2 fully saturated rings. The van der Waals surface area contributed by atoms with Crippen LogP contribution in [0.2, 0.25) is 0 Å². The Hall–Kier alpha value is -2.37. The van der Waals surface area contributed by atoms with Crippen molar-refractivity contribution in [3.8, 4) is 0 Å². The van der Waals surface area contributed by atoms with Gasteiger partial charge in [-0.3, -0.25) is 14.4 Å². The van der Waals surface area contributed by atoms with Crippen LogP contribution >= 0.6 is 0 Å². The van der Waals surface area contributed by atoms with Crippen molar-refractivity contribution >= 4 is 17.7 Å². The van der Waals surface area contributed by atoms with E-state index in [1.807, 2.05) is 30.3 Å². The lowest BCUT2D eigenvalue weighted by Crippen LogP contribution is -2.54. The Balaban J connectivity index is 1.78. The molecule has 1 heterocycles. The van der Waals surface area contributed by atoms with Crippen molar-refractivity contribution in [1.29, 1.82) is 0 Å². The summed E-state index contributed by atoms with van der Waals surface area (Å²) in [5.41, 5.74) is 0.134. The number of rotatable bonds is 4. The van der Waals surface area contributed by atoms with E-state index in [0.29, 0.717) is 19.4 Å². The summed E-state index contributed by atoms with van der Waals surface area (Å²) in [6, 6.07) is 9.26. The maximum atomic E-state index is 12.7. The van der Waals surface area contributed by atoms with Gasteiger partial charge in [0, 0.05) is 26.4 Å². The van der Waals surface area contributed by atoms with Crippen LogP contribution in [0.5, 0.6) is 0 Å². The van der Waals surface area contributed by atoms with Crippen LogP contribution < -0.4 is 10.6 Å². The first-order chi connectivity index (χ1) is 11.5. The monoisotopic (exact) mass is 329 g/mol. The summed E-state index contributed by atoms with van der Waals surface area (Å²) < 4.78 is 0. The Morgan fingerprint density at radius 3 is 2.54 bits per heavy atom. The molecule has 128 valence electrons. The first kappa shape index (κ1) is 16.5. The van der Waals surface area contributed by atoms with Crippen LogP contribution in [-0.4, -0.2) is 47.8 Å². The largest absolute Gasteiger partial charge is 0.357 e. The summed E-state index contributed by atoms with van der Waals surface area (Å²) in [5.74, 6) is -0.548. The first-order valence-corrected chi connectivity index (χ1v) is 8.36. The molecule has 1 saturated heterocycles. The van der Waals surface area contributed by atoms with E-state index >= 15 is 0 Å². The van der Waals surface area contributed by atoms with Gasteiger partial charge in [-0.1, -0.05) is 30.3 Å². The van der Waals surface area contributed by atoms with Gasteiger partial charge in [0.25, 0.3) is 0 Å². The van der Waals surface area contributed by atoms with Crippen LogP contribution in [0.15, 0.2) is 30.3 Å². The Morgan fingerprint density at radius 1 is 1.21 bits per heavy atom. The van der Waals surface area contributed by atoms with Crippen molar-refractivity contribution in [2.45, 2.75) is 43.7 Å². The fourth-order valence-electron chi connectivity index (χ4n) is 3.74. The summed E-state index contributed by atoms with van der Waals surface area (Å²) in [6.45, 7) is 2.08. The minimum atomic E-state index is -0.905. The molecule has 0 aromatic heterocycles. The van der Waals surface area contributed by atoms with Gasteiger partial charge >= 0.3 is 0 Å². The van der Waals surface area contributed by atoms with Crippen LogP contribution in [0.4, 0.5) is 0 Å². The minimum Gasteiger partial charge on any atom is -0.357 e. The second-order valence-electron chi connectivity index (χ2n) is 6.58. The average molecular weight is 329 g/mol. The molecule has 3 rings (SSSR count). The number of nitrogens with zero attached hydrogens (tertiary/aromatic N) is 1. The molecule has 3 atom stereocenters. The fourth-order valence-corrected chi connectivity index (χ4v) is 3.74. The van der Waals surface area contributed by atoms with Crippen LogP contribution in [0.25, 0.3) is 0 Å². The third-order valence-corrected chi connectivity index (χ3v) is 5.10. The molecule has 2 N–H and O–H groups in total. The topological polar surface area (TPSA) is 78.5 Å². The molecule has 0 bridgehead atoms. The number of amides is 3. The summed E-state index contributed by atoms with van der Waals surface area (Å²) in [6.07, 6.45) is 2.03. The summed E-state index contributed by atoms with van der Waals surface area (Å²) in [4.78, 5) is 38.4. The van der Waals surface area contributed by atoms with E-state index in [1.54, 1.807) is 11.9 Å². The summed E-state index contributed by atoms with van der Waals surface area (Å²) in [7, 11) is 1.58. The highest BCUT2D eigenvalue weighted by molar-refractivity contribution is 5.98. The smallest absolute Gasteiger partial charge is 0.246 e. The number of likely N-dealkylation sites (N-methyl/N-ethyl adjacent to an activating group) is 1. The van der Waals surface area contributed by atoms with Gasteiger partial charge in [0.1, 0.15) is 11.6 Å². The highest BCUT2D eigenvalue weighted by Gasteiger charge is 2.62. The molecule has 1 saturated carbocycles. The van der Waals surface area contributed by atoms with Crippen LogP contribution in [0.1, 0.15) is 37.7 Å². The van der Waals surface area contributed by atoms with Crippen molar-refractivity contribution in [2.24, 2.45) is 0 Å². The van der Waals surface area contributed by atoms with Crippen LogP contribution in [-0.2, 0) is 14.4 Å². The Kier molecular flexibility index (Phi) is 4.30. The SMILES string of the molecule is CNC(=O)[C@@]1(NC(=O)[C@@H]2CCCN2C(C)=O)C[C@H]1c1ccccc1. The number of hydrogen-bond donors (Lipinski definition) is 2. The van der Waals surface area contributed by atoms with Gasteiger partial charge in [-0.05, 0) is 24.8 Å². The third kappa shape index (κ3) is 2.77. The van der Waals surface area contributed by atoms with E-state index in [-0.39, 0.29) is 23.6 Å². The molecule has 0 spiro atoms. The van der Waals surface area contributed by atoms with Crippen molar-refractivity contribution in [1.82, 2.24) is 15.5 Å². The minimum absolute atomic E-state index is 0.0326. The molecule has 6 heteroatoms. The van der Waals surface area contributed by atoms with E-state index < -0.39 is 11.6 Å². The Bertz CT molecular complexity index is 661. The van der Waals surface area contributed by atoms with Crippen molar-refractivity contribution < 1.29 is 14.4 Å². The van der Waals surface area contributed by atoms with E-state index in [2.05, 4.69) is 10.6 Å². The lowest BCUT2D eigenvalue weighted by molar-refractivity contribution is -0.138. The first-order valence-electron chi connectivity index (χ1n) is 8.36. The Morgan fingerprint density at radius 2 is 1.92 bits per heavy atom. The second kappa shape index (κ2) is 6.26. The Labute approximate surface area is 141 Å². The van der Waals surface area contributed by atoms with Gasteiger partial charge < -0.3 is 15.5 Å². The van der Waals surface area contributed by atoms with Crippen molar-refractivity contribution in [3.05, 3.63) is 35.9 Å². The maximum Gasteiger partial charge on any atom is 0.246 e. The average Bonchev–Trinajstić information content (AvgIpc) is 3.08. The molecule has 1 aliphatic carbocycles. The summed E-state index contributed by atoms with van der Waals surface area (Å²) in [5, 5.41) is 5.61. The highest BCUT2D eigenvalue weighted by atomic mass is 16.2. The van der Waals surface area contributed by atoms with Gasteiger partial charge in [-0.15, -0.1) is 0 Å². The predicted octanol–water partition coefficient (Wildman–Crippen LogP) is 0.786. The number of hydrogen-bond acceptors (Lipinski definition) is 3. The van der Waals surface area contributed by atoms with E-state index in [1.165, 1.54) is 6.92 Å². The quantitative estimate of drug-likeness (QED) is 0.857. The highest BCUT2D eigenvalue weighted by Crippen LogP contribution is 2.51. The number of benzene rings is 1. The van der Waals surface area contributed by atoms with Crippen LogP contribution in [0.3, 0.4) is 0 Å². The van der Waals surface area contributed by atoms with Crippen LogP contribution in [0, 0.1) is 0 Å². The molecular formula is C18H23N3O3. The van der Waals surface area contributed by atoms with Gasteiger partial charge in [0.2, 0.25) is 17.7 Å². The third-order valence-electron chi connectivity index (χ3n) is 5.10. The molecule has 1 aromatic rings. The number of carbonyl (C=O) groups excluding carboxylic acids is 3.